The van der Waals surface area contributed by atoms with Crippen LogP contribution in [0.4, 0.5) is 0 Å². The van der Waals surface area contributed by atoms with Gasteiger partial charge in [-0.1, -0.05) is 24.3 Å². The molecule has 2 heterocycles. The van der Waals surface area contributed by atoms with E-state index in [-0.39, 0.29) is 5.56 Å². The average Bonchev–Trinajstić information content (AvgIpc) is 2.84. The van der Waals surface area contributed by atoms with E-state index < -0.39 is 0 Å². The second kappa shape index (κ2) is 4.56. The zero-order chi connectivity index (χ0) is 15.3. The fourth-order valence-corrected chi connectivity index (χ4v) is 2.58. The van der Waals surface area contributed by atoms with E-state index in [4.69, 9.17) is 4.42 Å². The van der Waals surface area contributed by atoms with Crippen LogP contribution in [0.2, 0.25) is 0 Å². The van der Waals surface area contributed by atoms with Crippen LogP contribution in [0.15, 0.2) is 57.7 Å². The average molecular weight is 290 g/mol. The van der Waals surface area contributed by atoms with Gasteiger partial charge in [0.15, 0.2) is 0 Å². The summed E-state index contributed by atoms with van der Waals surface area (Å²) in [6.07, 6.45) is 0. The van der Waals surface area contributed by atoms with Crippen LogP contribution in [0.1, 0.15) is 11.1 Å². The molecule has 0 saturated heterocycles. The molecule has 0 spiro atoms. The molecule has 108 valence electrons. The lowest BCUT2D eigenvalue weighted by atomic mass is 10.1. The van der Waals surface area contributed by atoms with Crippen molar-refractivity contribution in [2.75, 3.05) is 0 Å². The highest BCUT2D eigenvalue weighted by atomic mass is 16.3. The Kier molecular flexibility index (Phi) is 2.66. The van der Waals surface area contributed by atoms with Gasteiger partial charge in [-0.2, -0.15) is 4.68 Å². The van der Waals surface area contributed by atoms with Crippen molar-refractivity contribution >= 4 is 11.0 Å². The molecule has 2 aliphatic heterocycles. The molecule has 0 aliphatic carbocycles. The summed E-state index contributed by atoms with van der Waals surface area (Å²) in [5.74, 6) is 0.363. The summed E-state index contributed by atoms with van der Waals surface area (Å²) in [6, 6.07) is 15.3. The van der Waals surface area contributed by atoms with Gasteiger partial charge < -0.3 is 4.42 Å². The first kappa shape index (κ1) is 12.8. The molecule has 22 heavy (non-hydrogen) atoms. The van der Waals surface area contributed by atoms with Crippen molar-refractivity contribution in [1.82, 2.24) is 9.78 Å². The molecule has 0 bridgehead atoms. The SMILES string of the molecule is Cc1ccc(-n2nc3oc4ccccc4cc-3c2=O)cc1C. The number of hydrogen-bond acceptors (Lipinski definition) is 3. The first-order valence-electron chi connectivity index (χ1n) is 7.13. The lowest BCUT2D eigenvalue weighted by molar-refractivity contribution is 0.591. The zero-order valence-corrected chi connectivity index (χ0v) is 12.3. The van der Waals surface area contributed by atoms with Crippen LogP contribution in [0.3, 0.4) is 0 Å². The van der Waals surface area contributed by atoms with Crippen LogP contribution in [0.25, 0.3) is 28.1 Å². The van der Waals surface area contributed by atoms with Gasteiger partial charge in [0, 0.05) is 5.39 Å². The summed E-state index contributed by atoms with van der Waals surface area (Å²) >= 11 is 0. The van der Waals surface area contributed by atoms with E-state index >= 15 is 0 Å². The van der Waals surface area contributed by atoms with E-state index in [9.17, 15) is 4.79 Å². The molecule has 0 radical (unpaired) electrons. The van der Waals surface area contributed by atoms with E-state index in [1.807, 2.05) is 62.4 Å². The van der Waals surface area contributed by atoms with Crippen LogP contribution < -0.4 is 5.56 Å². The van der Waals surface area contributed by atoms with Crippen molar-refractivity contribution < 1.29 is 4.42 Å². The van der Waals surface area contributed by atoms with Gasteiger partial charge in [0.2, 0.25) is 5.89 Å². The monoisotopic (exact) mass is 290 g/mol. The van der Waals surface area contributed by atoms with Gasteiger partial charge in [0.1, 0.15) is 11.1 Å². The summed E-state index contributed by atoms with van der Waals surface area (Å²) in [7, 11) is 0. The minimum Gasteiger partial charge on any atom is -0.436 e. The maximum absolute atomic E-state index is 12.6. The van der Waals surface area contributed by atoms with E-state index in [1.165, 1.54) is 10.2 Å². The normalized spacial score (nSPS) is 11.4. The summed E-state index contributed by atoms with van der Waals surface area (Å²) in [5.41, 5.74) is 4.12. The van der Waals surface area contributed by atoms with Crippen molar-refractivity contribution in [3.8, 4) is 17.1 Å². The maximum Gasteiger partial charge on any atom is 0.284 e. The molecular weight excluding hydrogens is 276 g/mol. The van der Waals surface area contributed by atoms with Gasteiger partial charge in [0.25, 0.3) is 5.56 Å². The first-order valence-corrected chi connectivity index (χ1v) is 7.13. The molecule has 0 atom stereocenters. The highest BCUT2D eigenvalue weighted by molar-refractivity contribution is 5.81. The molecular formula is C18H14N2O2. The quantitative estimate of drug-likeness (QED) is 0.537. The van der Waals surface area contributed by atoms with E-state index in [1.54, 1.807) is 0 Å². The molecule has 4 heteroatoms. The third-order valence-electron chi connectivity index (χ3n) is 4.00. The Morgan fingerprint density at radius 2 is 1.82 bits per heavy atom. The number of rotatable bonds is 1. The predicted molar refractivity (Wildman–Crippen MR) is 85.7 cm³/mol. The van der Waals surface area contributed by atoms with Crippen LogP contribution in [0, 0.1) is 13.8 Å². The lowest BCUT2D eigenvalue weighted by Crippen LogP contribution is -2.14. The second-order valence-corrected chi connectivity index (χ2v) is 5.49. The Hall–Kier alpha value is -2.88. The summed E-state index contributed by atoms with van der Waals surface area (Å²) in [4.78, 5) is 12.6. The predicted octanol–water partition coefficient (Wildman–Crippen LogP) is 3.70. The minimum absolute atomic E-state index is 0.159. The fraction of sp³-hybridized carbons (Fsp3) is 0.111. The fourth-order valence-electron chi connectivity index (χ4n) is 2.58. The standard InChI is InChI=1S/C18H14N2O2/c1-11-7-8-14(9-12(11)2)20-18(21)15-10-13-5-3-4-6-16(13)22-17(15)19-20/h3-10H,1-2H3. The van der Waals surface area contributed by atoms with Gasteiger partial charge in [-0.05, 0) is 49.2 Å². The minimum atomic E-state index is -0.159. The Bertz CT molecular complexity index is 1030. The number of para-hydroxylation sites is 1. The number of nitrogens with zero attached hydrogens (tertiary/aromatic N) is 2. The lowest BCUT2D eigenvalue weighted by Gasteiger charge is -2.03. The Morgan fingerprint density at radius 1 is 1.00 bits per heavy atom. The molecule has 2 aromatic carbocycles. The molecule has 4 nitrogen and oxygen atoms in total. The molecule has 2 aromatic rings. The number of benzene rings is 2. The van der Waals surface area contributed by atoms with Crippen molar-refractivity contribution in [2.45, 2.75) is 13.8 Å². The Labute approximate surface area is 127 Å². The number of aromatic nitrogens is 2. The van der Waals surface area contributed by atoms with Crippen LogP contribution >= 0.6 is 0 Å². The molecule has 0 unspecified atom stereocenters. The van der Waals surface area contributed by atoms with Gasteiger partial charge in [0.05, 0.1) is 5.69 Å². The van der Waals surface area contributed by atoms with E-state index in [0.717, 1.165) is 22.2 Å². The molecule has 4 rings (SSSR count). The van der Waals surface area contributed by atoms with E-state index in [0.29, 0.717) is 11.5 Å². The van der Waals surface area contributed by atoms with Crippen LogP contribution in [-0.2, 0) is 0 Å². The van der Waals surface area contributed by atoms with Gasteiger partial charge in [-0.15, -0.1) is 5.10 Å². The maximum atomic E-state index is 12.6. The van der Waals surface area contributed by atoms with Gasteiger partial charge in [-0.25, -0.2) is 0 Å². The van der Waals surface area contributed by atoms with Crippen molar-refractivity contribution in [3.63, 3.8) is 0 Å². The molecule has 0 saturated carbocycles. The number of hydrogen-bond donors (Lipinski definition) is 0. The molecule has 0 N–H and O–H groups in total. The molecule has 0 fully saturated rings. The Morgan fingerprint density at radius 3 is 2.64 bits per heavy atom. The Balaban J connectivity index is 2.01. The van der Waals surface area contributed by atoms with Crippen molar-refractivity contribution in [3.05, 3.63) is 70.0 Å². The first-order chi connectivity index (χ1) is 10.6. The van der Waals surface area contributed by atoms with E-state index in [2.05, 4.69) is 5.10 Å². The smallest absolute Gasteiger partial charge is 0.284 e. The highest BCUT2D eigenvalue weighted by Crippen LogP contribution is 2.25. The third-order valence-corrected chi connectivity index (χ3v) is 4.00. The molecule has 0 aromatic heterocycles. The van der Waals surface area contributed by atoms with Crippen LogP contribution in [-0.4, -0.2) is 9.78 Å². The second-order valence-electron chi connectivity index (χ2n) is 5.49. The number of aryl methyl sites for hydroxylation is 2. The summed E-state index contributed by atoms with van der Waals surface area (Å²) < 4.78 is 7.15. The largest absolute Gasteiger partial charge is 0.436 e. The summed E-state index contributed by atoms with van der Waals surface area (Å²) in [5, 5.41) is 5.24. The van der Waals surface area contributed by atoms with Gasteiger partial charge >= 0.3 is 0 Å². The summed E-state index contributed by atoms with van der Waals surface area (Å²) in [6.45, 7) is 4.06. The zero-order valence-electron chi connectivity index (χ0n) is 12.3. The third kappa shape index (κ3) is 1.84. The number of fused-ring (bicyclic) bond motifs is 2. The molecule has 0 amide bonds. The van der Waals surface area contributed by atoms with Gasteiger partial charge in [-0.3, -0.25) is 4.79 Å². The molecule has 2 aliphatic rings. The van der Waals surface area contributed by atoms with Crippen LogP contribution in [0.5, 0.6) is 0 Å². The highest BCUT2D eigenvalue weighted by Gasteiger charge is 2.19. The topological polar surface area (TPSA) is 48.0 Å². The van der Waals surface area contributed by atoms with Crippen molar-refractivity contribution in [1.29, 1.82) is 0 Å². The van der Waals surface area contributed by atoms with Crippen molar-refractivity contribution in [2.24, 2.45) is 0 Å².